The van der Waals surface area contributed by atoms with Crippen LogP contribution in [0.2, 0.25) is 0 Å². The van der Waals surface area contributed by atoms with E-state index in [9.17, 15) is 9.59 Å². The molecule has 0 unspecified atom stereocenters. The van der Waals surface area contributed by atoms with Crippen molar-refractivity contribution in [1.29, 1.82) is 0 Å². The van der Waals surface area contributed by atoms with Crippen molar-refractivity contribution >= 4 is 22.8 Å². The fourth-order valence-corrected chi connectivity index (χ4v) is 2.85. The molecule has 1 aliphatic heterocycles. The summed E-state index contributed by atoms with van der Waals surface area (Å²) < 4.78 is 11.0. The number of likely N-dealkylation sites (tertiary alicyclic amines) is 1. The molecule has 26 heavy (non-hydrogen) atoms. The van der Waals surface area contributed by atoms with Gasteiger partial charge in [0, 0.05) is 17.6 Å². The lowest BCUT2D eigenvalue weighted by Crippen LogP contribution is -2.56. The molecule has 0 aliphatic carbocycles. The Morgan fingerprint density at radius 1 is 1.27 bits per heavy atom. The summed E-state index contributed by atoms with van der Waals surface area (Å²) in [7, 11) is 0. The molecule has 8 heteroatoms. The first-order chi connectivity index (χ1) is 12.6. The third-order valence-corrected chi connectivity index (χ3v) is 4.26. The summed E-state index contributed by atoms with van der Waals surface area (Å²) in [5, 5.41) is 4.84. The number of nitrogens with zero attached hydrogens (tertiary/aromatic N) is 3. The van der Waals surface area contributed by atoms with Crippen LogP contribution >= 0.6 is 0 Å². The van der Waals surface area contributed by atoms with Crippen LogP contribution in [0.1, 0.15) is 16.2 Å². The molecule has 2 N–H and O–H groups in total. The molecule has 1 aromatic carbocycles. The molecule has 0 bridgehead atoms. The zero-order chi connectivity index (χ0) is 18.1. The van der Waals surface area contributed by atoms with Crippen LogP contribution < -0.4 is 10.5 Å². The molecule has 1 fully saturated rings. The smallest absolute Gasteiger partial charge is 0.267 e. The van der Waals surface area contributed by atoms with Gasteiger partial charge in [0.25, 0.3) is 5.91 Å². The number of pyridine rings is 1. The first kappa shape index (κ1) is 16.1. The predicted octanol–water partition coefficient (Wildman–Crippen LogP) is 1.15. The van der Waals surface area contributed by atoms with Gasteiger partial charge in [-0.3, -0.25) is 14.6 Å². The molecule has 3 heterocycles. The SMILES string of the molecule is NC(=O)c1cc(OC2CN(C(=O)Cc3noc4ccccc34)C2)ccn1. The average Bonchev–Trinajstić information content (AvgIpc) is 3.01. The number of ether oxygens (including phenoxy) is 1. The molecular weight excluding hydrogens is 336 g/mol. The van der Waals surface area contributed by atoms with Gasteiger partial charge in [0.15, 0.2) is 5.58 Å². The number of para-hydroxylation sites is 1. The molecule has 8 nitrogen and oxygen atoms in total. The van der Waals surface area contributed by atoms with Crippen molar-refractivity contribution in [1.82, 2.24) is 15.0 Å². The van der Waals surface area contributed by atoms with Gasteiger partial charge in [-0.25, -0.2) is 0 Å². The first-order valence-corrected chi connectivity index (χ1v) is 8.14. The lowest BCUT2D eigenvalue weighted by atomic mass is 10.1. The number of hydrogen-bond donors (Lipinski definition) is 1. The zero-order valence-electron chi connectivity index (χ0n) is 13.8. The highest BCUT2D eigenvalue weighted by molar-refractivity contribution is 5.91. The number of rotatable bonds is 5. The minimum absolute atomic E-state index is 0.0311. The average molecular weight is 352 g/mol. The topological polar surface area (TPSA) is 112 Å². The first-order valence-electron chi connectivity index (χ1n) is 8.14. The van der Waals surface area contributed by atoms with Gasteiger partial charge in [0.05, 0.1) is 19.5 Å². The Morgan fingerprint density at radius 3 is 2.88 bits per heavy atom. The lowest BCUT2D eigenvalue weighted by molar-refractivity contribution is -0.139. The Hall–Kier alpha value is -3.42. The van der Waals surface area contributed by atoms with E-state index in [-0.39, 0.29) is 24.1 Å². The van der Waals surface area contributed by atoms with E-state index >= 15 is 0 Å². The number of benzene rings is 1. The number of amides is 2. The fraction of sp³-hybridized carbons (Fsp3) is 0.222. The van der Waals surface area contributed by atoms with Gasteiger partial charge >= 0.3 is 0 Å². The summed E-state index contributed by atoms with van der Waals surface area (Å²) in [6.45, 7) is 0.950. The molecule has 1 saturated heterocycles. The number of primary amides is 1. The molecule has 4 rings (SSSR count). The normalized spacial score (nSPS) is 14.2. The van der Waals surface area contributed by atoms with E-state index in [1.165, 1.54) is 12.3 Å². The maximum Gasteiger partial charge on any atom is 0.267 e. The van der Waals surface area contributed by atoms with Crippen LogP contribution in [-0.2, 0) is 11.2 Å². The van der Waals surface area contributed by atoms with Gasteiger partial charge in [0.1, 0.15) is 23.2 Å². The van der Waals surface area contributed by atoms with E-state index in [1.807, 2.05) is 24.3 Å². The minimum atomic E-state index is -0.610. The summed E-state index contributed by atoms with van der Waals surface area (Å²) >= 11 is 0. The van der Waals surface area contributed by atoms with Crippen LogP contribution in [-0.4, -0.2) is 46.0 Å². The maximum absolute atomic E-state index is 12.4. The van der Waals surface area contributed by atoms with Crippen LogP contribution in [0.3, 0.4) is 0 Å². The van der Waals surface area contributed by atoms with Gasteiger partial charge in [0.2, 0.25) is 5.91 Å². The van der Waals surface area contributed by atoms with Crippen molar-refractivity contribution in [3.8, 4) is 5.75 Å². The second kappa shape index (κ2) is 6.47. The summed E-state index contributed by atoms with van der Waals surface area (Å²) in [6, 6.07) is 10.6. The Labute approximate surface area is 148 Å². The fourth-order valence-electron chi connectivity index (χ4n) is 2.85. The highest BCUT2D eigenvalue weighted by atomic mass is 16.5. The standard InChI is InChI=1S/C18H16N4O4/c19-18(24)15-7-11(5-6-20-15)25-12-9-22(10-12)17(23)8-14-13-3-1-2-4-16(13)26-21-14/h1-7,12H,8-10H2,(H2,19,24). The van der Waals surface area contributed by atoms with Gasteiger partial charge in [-0.15, -0.1) is 0 Å². The summed E-state index contributed by atoms with van der Waals surface area (Å²) in [6.07, 6.45) is 1.52. The van der Waals surface area contributed by atoms with Crippen molar-refractivity contribution in [2.24, 2.45) is 5.73 Å². The van der Waals surface area contributed by atoms with E-state index in [0.717, 1.165) is 5.39 Å². The van der Waals surface area contributed by atoms with Crippen LogP contribution in [0.25, 0.3) is 11.0 Å². The van der Waals surface area contributed by atoms with E-state index in [4.69, 9.17) is 15.0 Å². The van der Waals surface area contributed by atoms with Crippen LogP contribution in [0, 0.1) is 0 Å². The Bertz CT molecular complexity index is 978. The molecule has 2 aromatic heterocycles. The third kappa shape index (κ3) is 3.08. The van der Waals surface area contributed by atoms with Gasteiger partial charge < -0.3 is 19.9 Å². The largest absolute Gasteiger partial charge is 0.487 e. The molecular formula is C18H16N4O4. The Kier molecular flexibility index (Phi) is 4.00. The van der Waals surface area contributed by atoms with Gasteiger partial charge in [-0.2, -0.15) is 0 Å². The van der Waals surface area contributed by atoms with Crippen molar-refractivity contribution in [2.45, 2.75) is 12.5 Å². The number of nitrogens with two attached hydrogens (primary N) is 1. The van der Waals surface area contributed by atoms with E-state index < -0.39 is 5.91 Å². The molecule has 132 valence electrons. The number of fused-ring (bicyclic) bond motifs is 1. The monoisotopic (exact) mass is 352 g/mol. The van der Waals surface area contributed by atoms with Crippen molar-refractivity contribution < 1.29 is 18.8 Å². The summed E-state index contributed by atoms with van der Waals surface area (Å²) in [4.78, 5) is 29.1. The third-order valence-electron chi connectivity index (χ3n) is 4.26. The number of carbonyl (C=O) groups excluding carboxylic acids is 2. The van der Waals surface area contributed by atoms with Crippen molar-refractivity contribution in [3.63, 3.8) is 0 Å². The molecule has 0 spiro atoms. The second-order valence-electron chi connectivity index (χ2n) is 6.08. The lowest BCUT2D eigenvalue weighted by Gasteiger charge is -2.38. The molecule has 0 saturated carbocycles. The number of hydrogen-bond acceptors (Lipinski definition) is 6. The van der Waals surface area contributed by atoms with Crippen molar-refractivity contribution in [2.75, 3.05) is 13.1 Å². The predicted molar refractivity (Wildman–Crippen MR) is 91.5 cm³/mol. The van der Waals surface area contributed by atoms with E-state index in [1.54, 1.807) is 11.0 Å². The van der Waals surface area contributed by atoms with Crippen molar-refractivity contribution in [3.05, 3.63) is 54.0 Å². The van der Waals surface area contributed by atoms with Crippen LogP contribution in [0.5, 0.6) is 5.75 Å². The minimum Gasteiger partial charge on any atom is -0.487 e. The number of aromatic nitrogens is 2. The molecule has 2 amide bonds. The summed E-state index contributed by atoms with van der Waals surface area (Å²) in [5.74, 6) is -0.134. The Morgan fingerprint density at radius 2 is 2.08 bits per heavy atom. The Balaban J connectivity index is 1.34. The molecule has 0 atom stereocenters. The molecule has 3 aromatic rings. The maximum atomic E-state index is 12.4. The van der Waals surface area contributed by atoms with Crippen LogP contribution in [0.4, 0.5) is 0 Å². The molecule has 1 aliphatic rings. The highest BCUT2D eigenvalue weighted by Gasteiger charge is 2.33. The van der Waals surface area contributed by atoms with Gasteiger partial charge in [-0.05, 0) is 18.2 Å². The van der Waals surface area contributed by atoms with Gasteiger partial charge in [-0.1, -0.05) is 17.3 Å². The summed E-state index contributed by atoms with van der Waals surface area (Å²) in [5.41, 5.74) is 6.65. The van der Waals surface area contributed by atoms with E-state index in [2.05, 4.69) is 10.1 Å². The quantitative estimate of drug-likeness (QED) is 0.737. The highest BCUT2D eigenvalue weighted by Crippen LogP contribution is 2.22. The zero-order valence-corrected chi connectivity index (χ0v) is 13.8. The molecule has 0 radical (unpaired) electrons. The number of carbonyl (C=O) groups is 2. The second-order valence-corrected chi connectivity index (χ2v) is 6.08. The van der Waals surface area contributed by atoms with Crippen LogP contribution in [0.15, 0.2) is 47.1 Å². The van der Waals surface area contributed by atoms with E-state index in [0.29, 0.717) is 30.1 Å².